The van der Waals surface area contributed by atoms with E-state index < -0.39 is 0 Å². The van der Waals surface area contributed by atoms with Crippen molar-refractivity contribution >= 4 is 21.7 Å². The standard InChI is InChI=1S/C7H6BrN3/c8-6-2-1-5(3-4-9)7(10)11-6/h1-2H,3H2,(H2,10,11). The number of hydrogen-bond acceptors (Lipinski definition) is 3. The Morgan fingerprint density at radius 2 is 2.36 bits per heavy atom. The molecule has 4 heteroatoms. The Hall–Kier alpha value is -1.08. The third-order valence-electron chi connectivity index (χ3n) is 1.25. The van der Waals surface area contributed by atoms with Crippen molar-refractivity contribution in [2.45, 2.75) is 6.42 Å². The lowest BCUT2D eigenvalue weighted by molar-refractivity contribution is 1.18. The molecule has 0 aliphatic heterocycles. The molecule has 0 atom stereocenters. The minimum Gasteiger partial charge on any atom is -0.383 e. The minimum atomic E-state index is 0.312. The predicted molar refractivity (Wildman–Crippen MR) is 45.7 cm³/mol. The summed E-state index contributed by atoms with van der Waals surface area (Å²) in [6, 6.07) is 5.56. The number of nitrogens with zero attached hydrogens (tertiary/aromatic N) is 2. The summed E-state index contributed by atoms with van der Waals surface area (Å²) in [6.45, 7) is 0. The van der Waals surface area contributed by atoms with Crippen molar-refractivity contribution in [1.29, 1.82) is 5.26 Å². The van der Waals surface area contributed by atoms with Crippen LogP contribution in [0.15, 0.2) is 16.7 Å². The Bertz CT molecular complexity index is 303. The highest BCUT2D eigenvalue weighted by Crippen LogP contribution is 2.13. The second-order valence-electron chi connectivity index (χ2n) is 2.01. The van der Waals surface area contributed by atoms with E-state index in [1.54, 1.807) is 12.1 Å². The van der Waals surface area contributed by atoms with Gasteiger partial charge in [-0.15, -0.1) is 0 Å². The van der Waals surface area contributed by atoms with Crippen molar-refractivity contribution < 1.29 is 0 Å². The highest BCUT2D eigenvalue weighted by Gasteiger charge is 1.99. The molecule has 0 aromatic carbocycles. The van der Waals surface area contributed by atoms with Gasteiger partial charge in [0, 0.05) is 5.56 Å². The van der Waals surface area contributed by atoms with E-state index in [0.29, 0.717) is 16.8 Å². The van der Waals surface area contributed by atoms with E-state index in [4.69, 9.17) is 11.0 Å². The number of nitrogens with two attached hydrogens (primary N) is 1. The molecule has 0 saturated heterocycles. The molecule has 56 valence electrons. The molecule has 2 N–H and O–H groups in total. The quantitative estimate of drug-likeness (QED) is 0.717. The summed E-state index contributed by atoms with van der Waals surface area (Å²) in [6.07, 6.45) is 0.312. The van der Waals surface area contributed by atoms with Crippen LogP contribution < -0.4 is 5.73 Å². The van der Waals surface area contributed by atoms with E-state index in [1.807, 2.05) is 6.07 Å². The van der Waals surface area contributed by atoms with Crippen LogP contribution in [0, 0.1) is 11.3 Å². The molecule has 1 aromatic rings. The van der Waals surface area contributed by atoms with Crippen molar-refractivity contribution in [3.05, 3.63) is 22.3 Å². The average Bonchev–Trinajstić information content (AvgIpc) is 1.95. The molecule has 3 nitrogen and oxygen atoms in total. The molecule has 1 aromatic heterocycles. The number of anilines is 1. The number of pyridine rings is 1. The van der Waals surface area contributed by atoms with Gasteiger partial charge in [0.1, 0.15) is 10.4 Å². The van der Waals surface area contributed by atoms with Gasteiger partial charge in [0.15, 0.2) is 0 Å². The largest absolute Gasteiger partial charge is 0.383 e. The zero-order valence-electron chi connectivity index (χ0n) is 5.71. The molecular weight excluding hydrogens is 206 g/mol. The van der Waals surface area contributed by atoms with Crippen LogP contribution in [0.2, 0.25) is 0 Å². The fourth-order valence-electron chi connectivity index (χ4n) is 0.714. The molecule has 0 aliphatic carbocycles. The molecule has 0 saturated carbocycles. The van der Waals surface area contributed by atoms with Crippen LogP contribution in [-0.2, 0) is 6.42 Å². The van der Waals surface area contributed by atoms with Crippen LogP contribution in [0.25, 0.3) is 0 Å². The maximum atomic E-state index is 8.37. The second-order valence-corrected chi connectivity index (χ2v) is 2.83. The summed E-state index contributed by atoms with van der Waals surface area (Å²) in [4.78, 5) is 3.94. The van der Waals surface area contributed by atoms with Gasteiger partial charge in [-0.25, -0.2) is 4.98 Å². The first-order valence-electron chi connectivity index (χ1n) is 3.02. The van der Waals surface area contributed by atoms with Gasteiger partial charge in [-0.2, -0.15) is 5.26 Å². The summed E-state index contributed by atoms with van der Waals surface area (Å²) >= 11 is 3.17. The molecule has 1 rings (SSSR count). The summed E-state index contributed by atoms with van der Waals surface area (Å²) in [7, 11) is 0. The van der Waals surface area contributed by atoms with E-state index in [9.17, 15) is 0 Å². The van der Waals surface area contributed by atoms with Crippen molar-refractivity contribution in [1.82, 2.24) is 4.98 Å². The second kappa shape index (κ2) is 3.35. The fourth-order valence-corrected chi connectivity index (χ4v) is 1.04. The van der Waals surface area contributed by atoms with Crippen LogP contribution in [0.1, 0.15) is 5.56 Å². The van der Waals surface area contributed by atoms with Gasteiger partial charge in [-0.05, 0) is 22.0 Å². The number of nitriles is 1. The van der Waals surface area contributed by atoms with E-state index >= 15 is 0 Å². The Morgan fingerprint density at radius 1 is 1.64 bits per heavy atom. The van der Waals surface area contributed by atoms with Gasteiger partial charge in [-0.3, -0.25) is 0 Å². The lowest BCUT2D eigenvalue weighted by Crippen LogP contribution is -1.96. The summed E-state index contributed by atoms with van der Waals surface area (Å²) in [5.41, 5.74) is 6.29. The highest BCUT2D eigenvalue weighted by atomic mass is 79.9. The molecule has 0 aliphatic rings. The Morgan fingerprint density at radius 3 is 2.91 bits per heavy atom. The molecule has 0 unspecified atom stereocenters. The number of nitrogen functional groups attached to an aromatic ring is 1. The smallest absolute Gasteiger partial charge is 0.128 e. The van der Waals surface area contributed by atoms with Crippen molar-refractivity contribution in [2.75, 3.05) is 5.73 Å². The van der Waals surface area contributed by atoms with Crippen LogP contribution in [0.5, 0.6) is 0 Å². The zero-order valence-corrected chi connectivity index (χ0v) is 7.30. The average molecular weight is 212 g/mol. The first-order chi connectivity index (χ1) is 5.24. The molecule has 0 amide bonds. The van der Waals surface area contributed by atoms with Crippen molar-refractivity contribution in [2.24, 2.45) is 0 Å². The van der Waals surface area contributed by atoms with Crippen LogP contribution in [0.3, 0.4) is 0 Å². The maximum absolute atomic E-state index is 8.37. The lowest BCUT2D eigenvalue weighted by atomic mass is 10.2. The topological polar surface area (TPSA) is 62.7 Å². The van der Waals surface area contributed by atoms with Crippen molar-refractivity contribution in [3.63, 3.8) is 0 Å². The van der Waals surface area contributed by atoms with Gasteiger partial charge < -0.3 is 5.73 Å². The third-order valence-corrected chi connectivity index (χ3v) is 1.69. The number of aromatic nitrogens is 1. The summed E-state index contributed by atoms with van der Waals surface area (Å²) < 4.78 is 0.691. The van der Waals surface area contributed by atoms with Gasteiger partial charge in [0.25, 0.3) is 0 Å². The van der Waals surface area contributed by atoms with Gasteiger partial charge >= 0.3 is 0 Å². The van der Waals surface area contributed by atoms with Crippen LogP contribution in [-0.4, -0.2) is 4.98 Å². The zero-order chi connectivity index (χ0) is 8.27. The van der Waals surface area contributed by atoms with Crippen LogP contribution >= 0.6 is 15.9 Å². The molecule has 0 radical (unpaired) electrons. The monoisotopic (exact) mass is 211 g/mol. The third kappa shape index (κ3) is 1.92. The Balaban J connectivity index is 3.01. The van der Waals surface area contributed by atoms with E-state index in [0.717, 1.165) is 5.56 Å². The molecule has 1 heterocycles. The Kier molecular flexibility index (Phi) is 2.44. The van der Waals surface area contributed by atoms with Gasteiger partial charge in [-0.1, -0.05) is 6.07 Å². The van der Waals surface area contributed by atoms with E-state index in [1.165, 1.54) is 0 Å². The molecular formula is C7H6BrN3. The minimum absolute atomic E-state index is 0.312. The SMILES string of the molecule is N#CCc1ccc(Br)nc1N. The number of halogens is 1. The maximum Gasteiger partial charge on any atom is 0.128 e. The van der Waals surface area contributed by atoms with Gasteiger partial charge in [0.2, 0.25) is 0 Å². The first-order valence-corrected chi connectivity index (χ1v) is 3.81. The molecule has 0 bridgehead atoms. The molecule has 11 heavy (non-hydrogen) atoms. The number of rotatable bonds is 1. The lowest BCUT2D eigenvalue weighted by Gasteiger charge is -1.98. The first kappa shape index (κ1) is 8.02. The fraction of sp³-hybridized carbons (Fsp3) is 0.143. The van der Waals surface area contributed by atoms with Crippen molar-refractivity contribution in [3.8, 4) is 6.07 Å². The van der Waals surface area contributed by atoms with Crippen LogP contribution in [0.4, 0.5) is 5.82 Å². The predicted octanol–water partition coefficient (Wildman–Crippen LogP) is 1.49. The summed E-state index contributed by atoms with van der Waals surface area (Å²) in [5.74, 6) is 0.418. The summed E-state index contributed by atoms with van der Waals surface area (Å²) in [5, 5.41) is 8.37. The highest BCUT2D eigenvalue weighted by molar-refractivity contribution is 9.10. The van der Waals surface area contributed by atoms with E-state index in [2.05, 4.69) is 20.9 Å². The molecule has 0 spiro atoms. The normalized spacial score (nSPS) is 9.09. The Labute approximate surface area is 73.0 Å². The number of hydrogen-bond donors (Lipinski definition) is 1. The molecule has 0 fully saturated rings. The van der Waals surface area contributed by atoms with Gasteiger partial charge in [0.05, 0.1) is 12.5 Å². The van der Waals surface area contributed by atoms with E-state index in [-0.39, 0.29) is 0 Å².